The number of benzene rings is 1. The van der Waals surface area contributed by atoms with E-state index in [1.54, 1.807) is 0 Å². The van der Waals surface area contributed by atoms with Crippen molar-refractivity contribution < 1.29 is 4.79 Å². The monoisotopic (exact) mass is 283 g/mol. The largest absolute Gasteiger partial charge is 0.350 e. The molecule has 3 aromatic rings. The van der Waals surface area contributed by atoms with Crippen LogP contribution < -0.4 is 0 Å². The highest BCUT2D eigenvalue weighted by atomic mass is 32.1. The number of hydrogen-bond donors (Lipinski definition) is 0. The highest BCUT2D eigenvalue weighted by Crippen LogP contribution is 2.27. The van der Waals surface area contributed by atoms with E-state index in [9.17, 15) is 4.79 Å². The lowest BCUT2D eigenvalue weighted by Gasteiger charge is -2.00. The number of aromatic nitrogens is 1. The van der Waals surface area contributed by atoms with Crippen molar-refractivity contribution >= 4 is 28.0 Å². The van der Waals surface area contributed by atoms with Crippen molar-refractivity contribution in [3.8, 4) is 0 Å². The van der Waals surface area contributed by atoms with Crippen LogP contribution in [0.25, 0.3) is 10.9 Å². The predicted molar refractivity (Wildman–Crippen MR) is 84.8 cm³/mol. The summed E-state index contributed by atoms with van der Waals surface area (Å²) < 4.78 is 2.04. The van der Waals surface area contributed by atoms with Crippen LogP contribution in [0.3, 0.4) is 0 Å². The van der Waals surface area contributed by atoms with E-state index in [4.69, 9.17) is 0 Å². The molecule has 0 N–H and O–H groups in total. The first-order valence-electron chi connectivity index (χ1n) is 6.78. The average Bonchev–Trinajstić information content (AvgIpc) is 3.03. The number of ketones is 1. The smallest absolute Gasteiger partial charge is 0.205 e. The minimum Gasteiger partial charge on any atom is -0.350 e. The Labute approximate surface area is 122 Å². The standard InChI is InChI=1S/C17H17NOS/c1-4-12-7-8-20-17(12)16(19)14-10-18(3)15-9-11(2)5-6-13(14)15/h5-10H,4H2,1-3H3. The third-order valence-electron chi connectivity index (χ3n) is 3.72. The lowest BCUT2D eigenvalue weighted by Crippen LogP contribution is -2.00. The molecule has 0 bridgehead atoms. The second kappa shape index (κ2) is 4.91. The fourth-order valence-electron chi connectivity index (χ4n) is 2.61. The SMILES string of the molecule is CCc1ccsc1C(=O)c1cn(C)c2cc(C)ccc12. The van der Waals surface area contributed by atoms with E-state index in [0.717, 1.165) is 33.3 Å². The molecule has 3 rings (SSSR count). The van der Waals surface area contributed by atoms with Gasteiger partial charge < -0.3 is 4.57 Å². The highest BCUT2D eigenvalue weighted by molar-refractivity contribution is 7.12. The first kappa shape index (κ1) is 13.1. The van der Waals surface area contributed by atoms with Crippen LogP contribution in [0, 0.1) is 6.92 Å². The van der Waals surface area contributed by atoms with Crippen molar-refractivity contribution in [3.05, 3.63) is 57.4 Å². The fourth-order valence-corrected chi connectivity index (χ4v) is 3.56. The minimum absolute atomic E-state index is 0.145. The van der Waals surface area contributed by atoms with Gasteiger partial charge in [0, 0.05) is 29.7 Å². The van der Waals surface area contributed by atoms with Gasteiger partial charge in [0.05, 0.1) is 4.88 Å². The van der Waals surface area contributed by atoms with Crippen molar-refractivity contribution in [1.29, 1.82) is 0 Å². The predicted octanol–water partition coefficient (Wildman–Crippen LogP) is 4.34. The van der Waals surface area contributed by atoms with Gasteiger partial charge in [-0.1, -0.05) is 19.1 Å². The van der Waals surface area contributed by atoms with Crippen LogP contribution in [0.2, 0.25) is 0 Å². The van der Waals surface area contributed by atoms with E-state index in [-0.39, 0.29) is 5.78 Å². The Morgan fingerprint density at radius 3 is 2.85 bits per heavy atom. The summed E-state index contributed by atoms with van der Waals surface area (Å²) in [6.45, 7) is 4.16. The lowest BCUT2D eigenvalue weighted by molar-refractivity contribution is 0.104. The number of nitrogens with zero attached hydrogens (tertiary/aromatic N) is 1. The maximum absolute atomic E-state index is 12.8. The van der Waals surface area contributed by atoms with Gasteiger partial charge in [-0.15, -0.1) is 11.3 Å². The van der Waals surface area contributed by atoms with Crippen molar-refractivity contribution in [1.82, 2.24) is 4.57 Å². The van der Waals surface area contributed by atoms with Gasteiger partial charge in [-0.2, -0.15) is 0 Å². The normalized spacial score (nSPS) is 11.2. The molecular formula is C17H17NOS. The topological polar surface area (TPSA) is 22.0 Å². The molecule has 102 valence electrons. The second-order valence-electron chi connectivity index (χ2n) is 5.13. The van der Waals surface area contributed by atoms with Crippen molar-refractivity contribution in [3.63, 3.8) is 0 Å². The van der Waals surface area contributed by atoms with Crippen LogP contribution >= 0.6 is 11.3 Å². The van der Waals surface area contributed by atoms with Gasteiger partial charge in [0.15, 0.2) is 0 Å². The third kappa shape index (κ3) is 1.98. The quantitative estimate of drug-likeness (QED) is 0.655. The zero-order valence-corrected chi connectivity index (χ0v) is 12.8. The third-order valence-corrected chi connectivity index (χ3v) is 4.68. The fraction of sp³-hybridized carbons (Fsp3) is 0.235. The second-order valence-corrected chi connectivity index (χ2v) is 6.05. The van der Waals surface area contributed by atoms with E-state index in [0.29, 0.717) is 0 Å². The van der Waals surface area contributed by atoms with E-state index in [2.05, 4.69) is 32.0 Å². The average molecular weight is 283 g/mol. The summed E-state index contributed by atoms with van der Waals surface area (Å²) >= 11 is 1.54. The molecular weight excluding hydrogens is 266 g/mol. The van der Waals surface area contributed by atoms with E-state index >= 15 is 0 Å². The molecule has 0 radical (unpaired) electrons. The van der Waals surface area contributed by atoms with Gasteiger partial charge in [-0.25, -0.2) is 0 Å². The van der Waals surface area contributed by atoms with Gasteiger partial charge in [-0.05, 0) is 42.0 Å². The minimum atomic E-state index is 0.145. The molecule has 2 aromatic heterocycles. The number of carbonyl (C=O) groups is 1. The van der Waals surface area contributed by atoms with Crippen LogP contribution in [-0.2, 0) is 13.5 Å². The molecule has 0 saturated heterocycles. The van der Waals surface area contributed by atoms with Gasteiger partial charge in [-0.3, -0.25) is 4.79 Å². The molecule has 1 aromatic carbocycles. The van der Waals surface area contributed by atoms with Crippen LogP contribution in [0.4, 0.5) is 0 Å². The van der Waals surface area contributed by atoms with Crippen molar-refractivity contribution in [2.75, 3.05) is 0 Å². The molecule has 0 spiro atoms. The van der Waals surface area contributed by atoms with Gasteiger partial charge in [0.1, 0.15) is 0 Å². The summed E-state index contributed by atoms with van der Waals surface area (Å²) in [6.07, 6.45) is 2.85. The van der Waals surface area contributed by atoms with Crippen LogP contribution in [0.15, 0.2) is 35.8 Å². The Bertz CT molecular complexity index is 795. The van der Waals surface area contributed by atoms with E-state index < -0.39 is 0 Å². The first-order valence-corrected chi connectivity index (χ1v) is 7.66. The summed E-state index contributed by atoms with van der Waals surface area (Å²) in [5, 5.41) is 3.04. The molecule has 2 heterocycles. The van der Waals surface area contributed by atoms with Gasteiger partial charge >= 0.3 is 0 Å². The van der Waals surface area contributed by atoms with E-state index in [1.165, 1.54) is 16.9 Å². The molecule has 3 heteroatoms. The molecule has 0 fully saturated rings. The Kier molecular flexibility index (Phi) is 3.22. The molecule has 20 heavy (non-hydrogen) atoms. The highest BCUT2D eigenvalue weighted by Gasteiger charge is 2.19. The zero-order chi connectivity index (χ0) is 14.3. The maximum atomic E-state index is 12.8. The molecule has 0 atom stereocenters. The number of aryl methyl sites for hydroxylation is 3. The van der Waals surface area contributed by atoms with E-state index in [1.807, 2.05) is 29.3 Å². The Morgan fingerprint density at radius 1 is 1.30 bits per heavy atom. The molecule has 0 aliphatic heterocycles. The van der Waals surface area contributed by atoms with Crippen molar-refractivity contribution in [2.45, 2.75) is 20.3 Å². The molecule has 0 unspecified atom stereocenters. The molecule has 0 aliphatic carbocycles. The Morgan fingerprint density at radius 2 is 2.10 bits per heavy atom. The first-order chi connectivity index (χ1) is 9.61. The summed E-state index contributed by atoms with van der Waals surface area (Å²) in [7, 11) is 1.99. The summed E-state index contributed by atoms with van der Waals surface area (Å²) in [6, 6.07) is 8.29. The van der Waals surface area contributed by atoms with Crippen molar-refractivity contribution in [2.24, 2.45) is 7.05 Å². The summed E-state index contributed by atoms with van der Waals surface area (Å²) in [5.41, 5.74) is 4.27. The zero-order valence-electron chi connectivity index (χ0n) is 11.9. The lowest BCUT2D eigenvalue weighted by atomic mass is 10.0. The summed E-state index contributed by atoms with van der Waals surface area (Å²) in [5.74, 6) is 0.145. The number of carbonyl (C=O) groups excluding carboxylic acids is 1. The Hall–Kier alpha value is -1.87. The van der Waals surface area contributed by atoms with Crippen LogP contribution in [0.1, 0.15) is 33.3 Å². The Balaban J connectivity index is 2.18. The van der Waals surface area contributed by atoms with Gasteiger partial charge in [0.2, 0.25) is 5.78 Å². The van der Waals surface area contributed by atoms with Gasteiger partial charge in [0.25, 0.3) is 0 Å². The molecule has 0 aliphatic rings. The maximum Gasteiger partial charge on any atom is 0.205 e. The number of rotatable bonds is 3. The molecule has 0 saturated carbocycles. The molecule has 2 nitrogen and oxygen atoms in total. The summed E-state index contributed by atoms with van der Waals surface area (Å²) in [4.78, 5) is 13.7. The van der Waals surface area contributed by atoms with Crippen LogP contribution in [0.5, 0.6) is 0 Å². The number of fused-ring (bicyclic) bond motifs is 1. The number of thiophene rings is 1. The van der Waals surface area contributed by atoms with Crippen LogP contribution in [-0.4, -0.2) is 10.4 Å². The molecule has 0 amide bonds. The number of hydrogen-bond acceptors (Lipinski definition) is 2.